The maximum Gasteiger partial charge on any atom is 0.0553 e. The molecule has 0 bridgehead atoms. The van der Waals surface area contributed by atoms with E-state index < -0.39 is 0 Å². The van der Waals surface area contributed by atoms with Crippen LogP contribution in [0.3, 0.4) is 0 Å². The van der Waals surface area contributed by atoms with E-state index in [1.165, 1.54) is 30.5 Å². The summed E-state index contributed by atoms with van der Waals surface area (Å²) in [6.45, 7) is 1.01. The molecule has 1 aliphatic heterocycles. The fraction of sp³-hybridized carbons (Fsp3) is 0.333. The SMILES string of the molecule is CN(c1ccc(C2CCCC[N]2)cc1)c1ccc(Br)cc1Br. The zero-order valence-electron chi connectivity index (χ0n) is 12.6. The van der Waals surface area contributed by atoms with Gasteiger partial charge in [-0.05, 0) is 64.7 Å². The smallest absolute Gasteiger partial charge is 0.0553 e. The Kier molecular flexibility index (Phi) is 5.21. The molecule has 0 spiro atoms. The van der Waals surface area contributed by atoms with Gasteiger partial charge in [0.05, 0.1) is 5.69 Å². The van der Waals surface area contributed by atoms with Crippen molar-refractivity contribution in [1.82, 2.24) is 5.32 Å². The molecule has 115 valence electrons. The number of hydrogen-bond donors (Lipinski definition) is 0. The predicted octanol–water partition coefficient (Wildman–Crippen LogP) is 5.81. The molecule has 2 aromatic carbocycles. The normalized spacial score (nSPS) is 18.2. The van der Waals surface area contributed by atoms with E-state index in [4.69, 9.17) is 5.32 Å². The van der Waals surface area contributed by atoms with Crippen LogP contribution >= 0.6 is 31.9 Å². The van der Waals surface area contributed by atoms with Gasteiger partial charge in [-0.1, -0.05) is 34.5 Å². The molecule has 0 aliphatic carbocycles. The van der Waals surface area contributed by atoms with Crippen molar-refractivity contribution < 1.29 is 0 Å². The molecule has 1 heterocycles. The Morgan fingerprint density at radius 1 is 1.05 bits per heavy atom. The lowest BCUT2D eigenvalue weighted by Crippen LogP contribution is -2.20. The van der Waals surface area contributed by atoms with Crippen molar-refractivity contribution >= 4 is 43.2 Å². The minimum absolute atomic E-state index is 0.396. The molecule has 0 aromatic heterocycles. The highest BCUT2D eigenvalue weighted by Crippen LogP contribution is 2.34. The van der Waals surface area contributed by atoms with Crippen molar-refractivity contribution in [3.05, 3.63) is 57.0 Å². The largest absolute Gasteiger partial charge is 0.344 e. The summed E-state index contributed by atoms with van der Waals surface area (Å²) < 4.78 is 2.15. The molecular formula is C18H19Br2N2. The highest BCUT2D eigenvalue weighted by Gasteiger charge is 2.16. The average Bonchev–Trinajstić information content (AvgIpc) is 2.55. The second-order valence-corrected chi connectivity index (χ2v) is 7.43. The maximum absolute atomic E-state index is 4.73. The van der Waals surface area contributed by atoms with Gasteiger partial charge in [0.1, 0.15) is 0 Å². The van der Waals surface area contributed by atoms with Gasteiger partial charge in [0.2, 0.25) is 0 Å². The summed E-state index contributed by atoms with van der Waals surface area (Å²) in [5.41, 5.74) is 3.67. The molecule has 3 rings (SSSR count). The van der Waals surface area contributed by atoms with Gasteiger partial charge < -0.3 is 4.90 Å². The van der Waals surface area contributed by atoms with Crippen LogP contribution in [-0.2, 0) is 0 Å². The number of benzene rings is 2. The number of rotatable bonds is 3. The van der Waals surface area contributed by atoms with E-state index in [0.717, 1.165) is 21.2 Å². The highest BCUT2D eigenvalue weighted by molar-refractivity contribution is 9.11. The predicted molar refractivity (Wildman–Crippen MR) is 99.9 cm³/mol. The first kappa shape index (κ1) is 16.0. The van der Waals surface area contributed by atoms with Gasteiger partial charge in [-0.2, -0.15) is 0 Å². The Bertz CT molecular complexity index is 634. The zero-order chi connectivity index (χ0) is 15.5. The van der Waals surface area contributed by atoms with Gasteiger partial charge in [-0.15, -0.1) is 0 Å². The standard InChI is InChI=1S/C18H19Br2N2/c1-22(18-10-7-14(19)12-16(18)20)15-8-5-13(6-9-15)17-4-2-3-11-21-17/h5-10,12,17H,2-4,11H2,1H3. The zero-order valence-corrected chi connectivity index (χ0v) is 15.8. The van der Waals surface area contributed by atoms with Crippen molar-refractivity contribution in [3.63, 3.8) is 0 Å². The average molecular weight is 423 g/mol. The first-order valence-electron chi connectivity index (χ1n) is 7.60. The fourth-order valence-electron chi connectivity index (χ4n) is 2.87. The molecule has 1 radical (unpaired) electrons. The molecule has 0 amide bonds. The molecule has 1 fully saturated rings. The second-order valence-electron chi connectivity index (χ2n) is 5.66. The number of halogens is 2. The quantitative estimate of drug-likeness (QED) is 0.610. The molecule has 2 nitrogen and oxygen atoms in total. The third-order valence-corrected chi connectivity index (χ3v) is 5.30. The van der Waals surface area contributed by atoms with Crippen molar-refractivity contribution in [2.45, 2.75) is 25.3 Å². The molecule has 0 saturated carbocycles. The Morgan fingerprint density at radius 2 is 1.82 bits per heavy atom. The van der Waals surface area contributed by atoms with Crippen LogP contribution in [0.25, 0.3) is 0 Å². The lowest BCUT2D eigenvalue weighted by atomic mass is 9.97. The van der Waals surface area contributed by atoms with Crippen LogP contribution in [0.4, 0.5) is 11.4 Å². The Balaban J connectivity index is 1.79. The van der Waals surface area contributed by atoms with Crippen molar-refractivity contribution in [3.8, 4) is 0 Å². The molecule has 0 N–H and O–H groups in total. The fourth-order valence-corrected chi connectivity index (χ4v) is 4.19. The van der Waals surface area contributed by atoms with E-state index in [0.29, 0.717) is 6.04 Å². The topological polar surface area (TPSA) is 17.3 Å². The van der Waals surface area contributed by atoms with Crippen molar-refractivity contribution in [2.24, 2.45) is 0 Å². The van der Waals surface area contributed by atoms with Gasteiger partial charge in [0.25, 0.3) is 0 Å². The molecule has 2 aromatic rings. The number of anilines is 2. The van der Waals surface area contributed by atoms with Crippen LogP contribution in [0.1, 0.15) is 30.9 Å². The molecular weight excluding hydrogens is 404 g/mol. The van der Waals surface area contributed by atoms with Gasteiger partial charge in [0, 0.05) is 34.3 Å². The number of hydrogen-bond acceptors (Lipinski definition) is 1. The number of nitrogens with zero attached hydrogens (tertiary/aromatic N) is 2. The highest BCUT2D eigenvalue weighted by atomic mass is 79.9. The summed E-state index contributed by atoms with van der Waals surface area (Å²) >= 11 is 7.13. The van der Waals surface area contributed by atoms with E-state index >= 15 is 0 Å². The summed E-state index contributed by atoms with van der Waals surface area (Å²) in [4.78, 5) is 2.19. The summed E-state index contributed by atoms with van der Waals surface area (Å²) in [6, 6.07) is 15.5. The number of piperidine rings is 1. The monoisotopic (exact) mass is 421 g/mol. The summed E-state index contributed by atoms with van der Waals surface area (Å²) in [7, 11) is 2.09. The van der Waals surface area contributed by atoms with Crippen LogP contribution in [-0.4, -0.2) is 13.6 Å². The van der Waals surface area contributed by atoms with Crippen LogP contribution in [0.2, 0.25) is 0 Å². The molecule has 4 heteroatoms. The van der Waals surface area contributed by atoms with Gasteiger partial charge in [-0.25, -0.2) is 5.32 Å². The molecule has 1 aliphatic rings. The van der Waals surface area contributed by atoms with E-state index in [9.17, 15) is 0 Å². The van der Waals surface area contributed by atoms with Crippen LogP contribution in [0.15, 0.2) is 51.4 Å². The van der Waals surface area contributed by atoms with Gasteiger partial charge in [0.15, 0.2) is 0 Å². The summed E-state index contributed by atoms with van der Waals surface area (Å²) in [6.07, 6.45) is 3.73. The Hall–Kier alpha value is -0.840. The summed E-state index contributed by atoms with van der Waals surface area (Å²) in [5, 5.41) is 4.73. The third kappa shape index (κ3) is 3.55. The van der Waals surface area contributed by atoms with Crippen LogP contribution in [0.5, 0.6) is 0 Å². The third-order valence-electron chi connectivity index (χ3n) is 4.17. The van der Waals surface area contributed by atoms with E-state index in [-0.39, 0.29) is 0 Å². The van der Waals surface area contributed by atoms with Crippen LogP contribution in [0, 0.1) is 0 Å². The van der Waals surface area contributed by atoms with E-state index in [1.54, 1.807) is 0 Å². The van der Waals surface area contributed by atoms with Crippen molar-refractivity contribution in [2.75, 3.05) is 18.5 Å². The first-order chi connectivity index (χ1) is 10.6. The van der Waals surface area contributed by atoms with Gasteiger partial charge >= 0.3 is 0 Å². The maximum atomic E-state index is 4.73. The van der Waals surface area contributed by atoms with Crippen LogP contribution < -0.4 is 10.2 Å². The Labute approximate surface area is 149 Å². The minimum atomic E-state index is 0.396. The molecule has 1 atom stereocenters. The van der Waals surface area contributed by atoms with E-state index in [2.05, 4.69) is 86.3 Å². The second kappa shape index (κ2) is 7.16. The molecule has 1 saturated heterocycles. The summed E-state index contributed by atoms with van der Waals surface area (Å²) in [5.74, 6) is 0. The van der Waals surface area contributed by atoms with Crippen molar-refractivity contribution in [1.29, 1.82) is 0 Å². The van der Waals surface area contributed by atoms with Gasteiger partial charge in [-0.3, -0.25) is 0 Å². The minimum Gasteiger partial charge on any atom is -0.344 e. The Morgan fingerprint density at radius 3 is 2.45 bits per heavy atom. The molecule has 1 unspecified atom stereocenters. The first-order valence-corrected chi connectivity index (χ1v) is 9.19. The van der Waals surface area contributed by atoms with E-state index in [1.807, 2.05) is 0 Å². The molecule has 22 heavy (non-hydrogen) atoms. The lowest BCUT2D eigenvalue weighted by Gasteiger charge is -2.24. The lowest BCUT2D eigenvalue weighted by molar-refractivity contribution is 0.403.